The van der Waals surface area contributed by atoms with E-state index in [2.05, 4.69) is 31.1 Å². The van der Waals surface area contributed by atoms with E-state index in [4.69, 9.17) is 4.74 Å². The van der Waals surface area contributed by atoms with Crippen molar-refractivity contribution in [3.63, 3.8) is 0 Å². The number of nitrogens with one attached hydrogen (secondary N) is 2. The molecule has 34 heavy (non-hydrogen) atoms. The van der Waals surface area contributed by atoms with Crippen LogP contribution in [0.5, 0.6) is 0 Å². The van der Waals surface area contributed by atoms with Crippen LogP contribution < -0.4 is 5.32 Å². The van der Waals surface area contributed by atoms with Gasteiger partial charge in [-0.2, -0.15) is 0 Å². The Balaban J connectivity index is 1.53. The van der Waals surface area contributed by atoms with Crippen LogP contribution in [-0.4, -0.2) is 22.9 Å². The molecule has 0 radical (unpaired) electrons. The molecule has 5 heteroatoms. The van der Waals surface area contributed by atoms with E-state index in [9.17, 15) is 9.59 Å². The average molecular weight is 461 g/mol. The predicted molar refractivity (Wildman–Crippen MR) is 135 cm³/mol. The Morgan fingerprint density at radius 1 is 1.06 bits per heavy atom. The van der Waals surface area contributed by atoms with E-state index in [-0.39, 0.29) is 18.4 Å². The lowest BCUT2D eigenvalue weighted by atomic mass is 9.69. The number of benzene rings is 2. The third-order valence-corrected chi connectivity index (χ3v) is 7.28. The van der Waals surface area contributed by atoms with Gasteiger partial charge >= 0.3 is 5.97 Å². The molecule has 1 heterocycles. The Morgan fingerprint density at radius 3 is 2.56 bits per heavy atom. The predicted octanol–water partition coefficient (Wildman–Crippen LogP) is 5.65. The summed E-state index contributed by atoms with van der Waals surface area (Å²) in [5.74, 6) is 0.795. The molecule has 0 unspecified atom stereocenters. The van der Waals surface area contributed by atoms with Crippen LogP contribution in [0.3, 0.4) is 0 Å². The van der Waals surface area contributed by atoms with Crippen molar-refractivity contribution < 1.29 is 14.3 Å². The summed E-state index contributed by atoms with van der Waals surface area (Å²) < 4.78 is 5.67. The highest BCUT2D eigenvalue weighted by atomic mass is 16.5. The number of para-hydroxylation sites is 1. The number of carbonyl (C=O) groups excluding carboxylic acids is 2. The second-order valence-corrected chi connectivity index (χ2v) is 10.2. The number of hydrogen-bond donors (Lipinski definition) is 2. The SMILES string of the molecule is CC(C)[C@@H]1CC[C@@H](C)C[C@H]1C(=O)N[C@@H](Cc1c[nH]c2ccccc12)C(=O)OCc1ccccc1. The second kappa shape index (κ2) is 10.9. The van der Waals surface area contributed by atoms with Gasteiger partial charge in [0.2, 0.25) is 5.91 Å². The quantitative estimate of drug-likeness (QED) is 0.427. The third kappa shape index (κ3) is 5.69. The maximum absolute atomic E-state index is 13.5. The number of hydrogen-bond acceptors (Lipinski definition) is 3. The Kier molecular flexibility index (Phi) is 7.71. The first-order chi connectivity index (χ1) is 16.4. The van der Waals surface area contributed by atoms with Crippen molar-refractivity contribution >= 4 is 22.8 Å². The van der Waals surface area contributed by atoms with Gasteiger partial charge < -0.3 is 15.0 Å². The number of fused-ring (bicyclic) bond motifs is 1. The summed E-state index contributed by atoms with van der Waals surface area (Å²) in [5, 5.41) is 4.16. The summed E-state index contributed by atoms with van der Waals surface area (Å²) >= 11 is 0. The van der Waals surface area contributed by atoms with Crippen molar-refractivity contribution in [2.45, 2.75) is 59.1 Å². The smallest absolute Gasteiger partial charge is 0.329 e. The molecule has 0 bridgehead atoms. The van der Waals surface area contributed by atoms with E-state index in [1.807, 2.05) is 60.8 Å². The summed E-state index contributed by atoms with van der Waals surface area (Å²) in [5.41, 5.74) is 2.94. The van der Waals surface area contributed by atoms with Crippen LogP contribution in [0.15, 0.2) is 60.8 Å². The summed E-state index contributed by atoms with van der Waals surface area (Å²) in [6.07, 6.45) is 5.40. The lowest BCUT2D eigenvalue weighted by molar-refractivity contribution is -0.150. The zero-order valence-corrected chi connectivity index (χ0v) is 20.4. The number of aromatic amines is 1. The van der Waals surface area contributed by atoms with Crippen LogP contribution in [0.2, 0.25) is 0 Å². The molecular formula is C29H36N2O3. The normalized spacial score (nSPS) is 21.4. The number of aromatic nitrogens is 1. The molecule has 180 valence electrons. The van der Waals surface area contributed by atoms with Crippen LogP contribution in [0.1, 0.15) is 51.2 Å². The number of ether oxygens (including phenoxy) is 1. The van der Waals surface area contributed by atoms with Crippen LogP contribution in [0.25, 0.3) is 10.9 Å². The fourth-order valence-electron chi connectivity index (χ4n) is 5.33. The first kappa shape index (κ1) is 24.1. The van der Waals surface area contributed by atoms with Crippen molar-refractivity contribution in [3.8, 4) is 0 Å². The van der Waals surface area contributed by atoms with E-state index in [1.165, 1.54) is 0 Å². The first-order valence-corrected chi connectivity index (χ1v) is 12.5. The van der Waals surface area contributed by atoms with Crippen molar-refractivity contribution in [1.82, 2.24) is 10.3 Å². The molecular weight excluding hydrogens is 424 g/mol. The monoisotopic (exact) mass is 460 g/mol. The van der Waals surface area contributed by atoms with Crippen molar-refractivity contribution in [3.05, 3.63) is 71.9 Å². The molecule has 2 aromatic carbocycles. The summed E-state index contributed by atoms with van der Waals surface area (Å²) in [4.78, 5) is 30.0. The molecule has 1 saturated carbocycles. The average Bonchev–Trinajstić information content (AvgIpc) is 3.25. The molecule has 0 spiro atoms. The Morgan fingerprint density at radius 2 is 1.79 bits per heavy atom. The van der Waals surface area contributed by atoms with E-state index in [0.717, 1.165) is 41.3 Å². The highest BCUT2D eigenvalue weighted by molar-refractivity contribution is 5.88. The minimum absolute atomic E-state index is 0.0215. The molecule has 1 aliphatic rings. The number of H-pyrrole nitrogens is 1. The van der Waals surface area contributed by atoms with Gasteiger partial charge in [-0.15, -0.1) is 0 Å². The van der Waals surface area contributed by atoms with Gasteiger partial charge in [0.05, 0.1) is 0 Å². The Labute approximate surface area is 202 Å². The lowest BCUT2D eigenvalue weighted by Gasteiger charge is -2.37. The zero-order valence-electron chi connectivity index (χ0n) is 20.4. The maximum Gasteiger partial charge on any atom is 0.329 e. The van der Waals surface area contributed by atoms with Gasteiger partial charge in [0, 0.05) is 29.4 Å². The molecule has 0 saturated heterocycles. The van der Waals surface area contributed by atoms with Gasteiger partial charge in [-0.05, 0) is 47.8 Å². The van der Waals surface area contributed by atoms with Crippen molar-refractivity contribution in [1.29, 1.82) is 0 Å². The van der Waals surface area contributed by atoms with Gasteiger partial charge in [-0.25, -0.2) is 4.79 Å². The molecule has 0 aliphatic heterocycles. The first-order valence-electron chi connectivity index (χ1n) is 12.5. The molecule has 1 aliphatic carbocycles. The highest BCUT2D eigenvalue weighted by Gasteiger charge is 2.37. The van der Waals surface area contributed by atoms with Crippen LogP contribution in [0.4, 0.5) is 0 Å². The van der Waals surface area contributed by atoms with E-state index < -0.39 is 12.0 Å². The fraction of sp³-hybridized carbons (Fsp3) is 0.448. The maximum atomic E-state index is 13.5. The molecule has 2 N–H and O–H groups in total. The van der Waals surface area contributed by atoms with Crippen LogP contribution in [0, 0.1) is 23.7 Å². The van der Waals surface area contributed by atoms with E-state index in [0.29, 0.717) is 24.2 Å². The third-order valence-electron chi connectivity index (χ3n) is 7.28. The molecule has 1 fully saturated rings. The minimum atomic E-state index is -0.736. The zero-order chi connectivity index (χ0) is 24.1. The van der Waals surface area contributed by atoms with Gasteiger partial charge in [0.1, 0.15) is 12.6 Å². The van der Waals surface area contributed by atoms with Crippen LogP contribution >= 0.6 is 0 Å². The number of carbonyl (C=O) groups is 2. The van der Waals surface area contributed by atoms with E-state index >= 15 is 0 Å². The van der Waals surface area contributed by atoms with Gasteiger partial charge in [-0.3, -0.25) is 4.79 Å². The lowest BCUT2D eigenvalue weighted by Crippen LogP contribution is -2.48. The van der Waals surface area contributed by atoms with Crippen LogP contribution in [-0.2, 0) is 27.4 Å². The number of rotatable bonds is 8. The second-order valence-electron chi connectivity index (χ2n) is 10.2. The molecule has 1 aromatic heterocycles. The van der Waals surface area contributed by atoms with Gasteiger partial charge in [0.25, 0.3) is 0 Å². The highest BCUT2D eigenvalue weighted by Crippen LogP contribution is 2.38. The van der Waals surface area contributed by atoms with Crippen molar-refractivity contribution in [2.75, 3.05) is 0 Å². The topological polar surface area (TPSA) is 71.2 Å². The summed E-state index contributed by atoms with van der Waals surface area (Å²) in [7, 11) is 0. The number of amides is 1. The number of esters is 1. The molecule has 5 nitrogen and oxygen atoms in total. The van der Waals surface area contributed by atoms with Crippen molar-refractivity contribution in [2.24, 2.45) is 23.7 Å². The molecule has 4 atom stereocenters. The minimum Gasteiger partial charge on any atom is -0.459 e. The standard InChI is InChI=1S/C29H36N2O3/c1-19(2)23-14-13-20(3)15-25(23)28(32)31-27(29(33)34-18-21-9-5-4-6-10-21)16-22-17-30-26-12-8-7-11-24(22)26/h4-12,17,19-20,23,25,27,30H,13-16,18H2,1-3H3,(H,31,32)/t20-,23+,25-,27+/m1/s1. The fourth-order valence-corrected chi connectivity index (χ4v) is 5.33. The molecule has 4 rings (SSSR count). The summed E-state index contributed by atoms with van der Waals surface area (Å²) in [6, 6.07) is 16.9. The Bertz CT molecular complexity index is 1100. The van der Waals surface area contributed by atoms with Gasteiger partial charge in [-0.1, -0.05) is 75.7 Å². The molecule has 3 aromatic rings. The Hall–Kier alpha value is -3.08. The molecule has 1 amide bonds. The summed E-state index contributed by atoms with van der Waals surface area (Å²) in [6.45, 7) is 6.79. The largest absolute Gasteiger partial charge is 0.459 e. The van der Waals surface area contributed by atoms with Gasteiger partial charge in [0.15, 0.2) is 0 Å². The van der Waals surface area contributed by atoms with E-state index in [1.54, 1.807) is 0 Å².